The molecule has 0 spiro atoms. The van der Waals surface area contributed by atoms with Gasteiger partial charge in [-0.15, -0.1) is 0 Å². The molecule has 0 aliphatic carbocycles. The van der Waals surface area contributed by atoms with Crippen molar-refractivity contribution in [2.24, 2.45) is 11.8 Å². The third-order valence-corrected chi connectivity index (χ3v) is 10.5. The van der Waals surface area contributed by atoms with Crippen LogP contribution >= 0.6 is 0 Å². The topological polar surface area (TPSA) is 76.1 Å². The quantitative estimate of drug-likeness (QED) is 0.0466. The van der Waals surface area contributed by atoms with Crippen LogP contribution in [-0.4, -0.2) is 73.6 Å². The van der Waals surface area contributed by atoms with Crippen molar-refractivity contribution in [2.45, 2.75) is 208 Å². The van der Waals surface area contributed by atoms with Gasteiger partial charge in [-0.3, -0.25) is 14.4 Å². The highest BCUT2D eigenvalue weighted by atomic mass is 16.5. The summed E-state index contributed by atoms with van der Waals surface area (Å²) in [6.45, 7) is 16.8. The van der Waals surface area contributed by atoms with Crippen LogP contribution in [0.1, 0.15) is 208 Å². The summed E-state index contributed by atoms with van der Waals surface area (Å²) in [5.74, 6) is -0.320. The molecule has 0 bridgehead atoms. The maximum absolute atomic E-state index is 13.5. The Morgan fingerprint density at radius 1 is 0.431 bits per heavy atom. The van der Waals surface area contributed by atoms with E-state index in [9.17, 15) is 14.4 Å². The molecule has 302 valence electrons. The first-order valence-electron chi connectivity index (χ1n) is 22.2. The van der Waals surface area contributed by atoms with Crippen LogP contribution in [0.25, 0.3) is 0 Å². The minimum absolute atomic E-state index is 0.0306. The van der Waals surface area contributed by atoms with E-state index in [4.69, 9.17) is 9.47 Å². The predicted octanol–water partition coefficient (Wildman–Crippen LogP) is 11.7. The van der Waals surface area contributed by atoms with Gasteiger partial charge in [-0.05, 0) is 45.2 Å². The Bertz CT molecular complexity index is 756. The van der Waals surface area contributed by atoms with Crippen molar-refractivity contribution in [3.8, 4) is 0 Å². The third-order valence-electron chi connectivity index (χ3n) is 10.5. The molecule has 0 saturated heterocycles. The van der Waals surface area contributed by atoms with Gasteiger partial charge in [0.15, 0.2) is 0 Å². The third kappa shape index (κ3) is 28.5. The number of ether oxygens (including phenoxy) is 2. The Balaban J connectivity index is 5.31. The number of hydrogen-bond donors (Lipinski definition) is 0. The fourth-order valence-corrected chi connectivity index (χ4v) is 7.00. The van der Waals surface area contributed by atoms with Crippen molar-refractivity contribution in [2.75, 3.05) is 45.9 Å². The highest BCUT2D eigenvalue weighted by Crippen LogP contribution is 2.22. The van der Waals surface area contributed by atoms with E-state index in [0.29, 0.717) is 26.1 Å². The minimum Gasteiger partial charge on any atom is -0.464 e. The monoisotopic (exact) mass is 723 g/mol. The van der Waals surface area contributed by atoms with E-state index < -0.39 is 0 Å². The van der Waals surface area contributed by atoms with Gasteiger partial charge in [0.1, 0.15) is 13.2 Å². The summed E-state index contributed by atoms with van der Waals surface area (Å²) < 4.78 is 11.8. The van der Waals surface area contributed by atoms with Gasteiger partial charge in [0.25, 0.3) is 0 Å². The molecule has 0 aromatic heterocycles. The lowest BCUT2D eigenvalue weighted by molar-refractivity contribution is -0.152. The molecular weight excluding hydrogens is 636 g/mol. The zero-order valence-electron chi connectivity index (χ0n) is 34.9. The van der Waals surface area contributed by atoms with Crippen molar-refractivity contribution in [3.63, 3.8) is 0 Å². The van der Waals surface area contributed by atoms with Gasteiger partial charge >= 0.3 is 11.9 Å². The van der Waals surface area contributed by atoms with Gasteiger partial charge in [0, 0.05) is 13.0 Å². The molecule has 2 atom stereocenters. The molecule has 51 heavy (non-hydrogen) atoms. The summed E-state index contributed by atoms with van der Waals surface area (Å²) in [4.78, 5) is 44.2. The highest BCUT2D eigenvalue weighted by Gasteiger charge is 2.23. The number of carbonyl (C=O) groups is 3. The number of nitrogens with zero attached hydrogens (tertiary/aromatic N) is 2. The van der Waals surface area contributed by atoms with Gasteiger partial charge in [0.2, 0.25) is 5.91 Å². The molecule has 0 aliphatic heterocycles. The predicted molar refractivity (Wildman–Crippen MR) is 216 cm³/mol. The van der Waals surface area contributed by atoms with Crippen LogP contribution in [0, 0.1) is 11.8 Å². The van der Waals surface area contributed by atoms with Gasteiger partial charge < -0.3 is 19.3 Å². The zero-order chi connectivity index (χ0) is 37.8. The Labute approximate surface area is 317 Å². The van der Waals surface area contributed by atoms with Crippen LogP contribution < -0.4 is 0 Å². The van der Waals surface area contributed by atoms with Crippen molar-refractivity contribution < 1.29 is 23.9 Å². The molecule has 1 amide bonds. The first-order valence-corrected chi connectivity index (χ1v) is 22.2. The van der Waals surface area contributed by atoms with Crippen molar-refractivity contribution in [3.05, 3.63) is 0 Å². The standard InChI is InChI=1S/C44H86N2O5/c1-7-13-17-21-23-27-31-40(29-25-19-15-9-3)43(48)50-38-36-46(42(47)33-35-45(12-6)34-11-5)37-39-51-44(49)41(30-26-20-16-10-4)32-28-24-22-18-14-8-2/h40-41H,7-39H2,1-6H3. The van der Waals surface area contributed by atoms with Crippen LogP contribution in [0.3, 0.4) is 0 Å². The fraction of sp³-hybridized carbons (Fsp3) is 0.932. The van der Waals surface area contributed by atoms with Crippen LogP contribution in [0.4, 0.5) is 0 Å². The number of rotatable bonds is 38. The Morgan fingerprint density at radius 3 is 1.14 bits per heavy atom. The zero-order valence-corrected chi connectivity index (χ0v) is 34.9. The molecule has 0 radical (unpaired) electrons. The molecule has 0 fully saturated rings. The molecule has 0 rings (SSSR count). The molecule has 7 nitrogen and oxygen atoms in total. The summed E-state index contributed by atoms with van der Waals surface area (Å²) in [7, 11) is 0. The Kier molecular flexibility index (Phi) is 35.5. The maximum Gasteiger partial charge on any atom is 0.308 e. The van der Waals surface area contributed by atoms with Crippen LogP contribution in [0.5, 0.6) is 0 Å². The summed E-state index contributed by atoms with van der Waals surface area (Å²) in [5, 5.41) is 0. The van der Waals surface area contributed by atoms with Crippen molar-refractivity contribution in [1.29, 1.82) is 0 Å². The van der Waals surface area contributed by atoms with E-state index >= 15 is 0 Å². The van der Waals surface area contributed by atoms with E-state index in [1.807, 2.05) is 0 Å². The van der Waals surface area contributed by atoms with Gasteiger partial charge in [-0.1, -0.05) is 170 Å². The molecule has 7 heteroatoms. The molecule has 2 unspecified atom stereocenters. The molecule has 0 saturated carbocycles. The molecular formula is C44H86N2O5. The first-order chi connectivity index (χ1) is 24.9. The van der Waals surface area contributed by atoms with Crippen molar-refractivity contribution in [1.82, 2.24) is 9.80 Å². The lowest BCUT2D eigenvalue weighted by atomic mass is 9.94. The smallest absolute Gasteiger partial charge is 0.308 e. The summed E-state index contributed by atoms with van der Waals surface area (Å²) in [5.41, 5.74) is 0. The summed E-state index contributed by atoms with van der Waals surface area (Å²) in [6, 6.07) is 0. The Hall–Kier alpha value is -1.63. The molecule has 0 aliphatic rings. The van der Waals surface area contributed by atoms with Gasteiger partial charge in [0.05, 0.1) is 24.9 Å². The number of amides is 1. The van der Waals surface area contributed by atoms with E-state index in [0.717, 1.165) is 83.7 Å². The van der Waals surface area contributed by atoms with Crippen LogP contribution in [0.2, 0.25) is 0 Å². The summed E-state index contributed by atoms with van der Waals surface area (Å²) >= 11 is 0. The molecule has 0 aromatic rings. The second-order valence-corrected chi connectivity index (χ2v) is 15.1. The second-order valence-electron chi connectivity index (χ2n) is 15.1. The number of hydrogen-bond acceptors (Lipinski definition) is 6. The van der Waals surface area contributed by atoms with Crippen LogP contribution in [-0.2, 0) is 23.9 Å². The van der Waals surface area contributed by atoms with Crippen molar-refractivity contribution >= 4 is 17.8 Å². The Morgan fingerprint density at radius 2 is 0.784 bits per heavy atom. The van der Waals surface area contributed by atoms with E-state index in [1.54, 1.807) is 4.90 Å². The number of esters is 2. The van der Waals surface area contributed by atoms with Crippen LogP contribution in [0.15, 0.2) is 0 Å². The van der Waals surface area contributed by atoms with Gasteiger partial charge in [-0.25, -0.2) is 0 Å². The molecule has 0 N–H and O–H groups in total. The van der Waals surface area contributed by atoms with E-state index in [2.05, 4.69) is 46.4 Å². The number of unbranched alkanes of at least 4 members (excludes halogenated alkanes) is 16. The maximum atomic E-state index is 13.5. The first kappa shape index (κ1) is 49.4. The normalized spacial score (nSPS) is 12.6. The minimum atomic E-state index is -0.111. The average molecular weight is 723 g/mol. The molecule has 0 heterocycles. The summed E-state index contributed by atoms with van der Waals surface area (Å²) in [6.07, 6.45) is 28.7. The highest BCUT2D eigenvalue weighted by molar-refractivity contribution is 5.77. The lowest BCUT2D eigenvalue weighted by Gasteiger charge is -2.26. The lowest BCUT2D eigenvalue weighted by Crippen LogP contribution is -2.39. The fourth-order valence-electron chi connectivity index (χ4n) is 7.00. The average Bonchev–Trinajstić information content (AvgIpc) is 3.13. The largest absolute Gasteiger partial charge is 0.464 e. The SMILES string of the molecule is CCCCCCCCC(CCCCCC)C(=O)OCCN(CCOC(=O)C(CCCCCC)CCCCCCCC)C(=O)CCN(CC)CCC. The van der Waals surface area contributed by atoms with Gasteiger partial charge in [-0.2, -0.15) is 0 Å². The molecule has 0 aromatic carbocycles. The van der Waals surface area contributed by atoms with E-state index in [1.165, 1.54) is 89.9 Å². The second kappa shape index (κ2) is 36.7. The number of carbonyl (C=O) groups excluding carboxylic acids is 3. The van der Waals surface area contributed by atoms with E-state index in [-0.39, 0.29) is 42.9 Å².